The molecule has 4 aromatic heterocycles. The molecule has 4 aromatic rings. The van der Waals surface area contributed by atoms with Crippen molar-refractivity contribution in [1.29, 1.82) is 0 Å². The fourth-order valence-electron chi connectivity index (χ4n) is 2.37. The van der Waals surface area contributed by atoms with Crippen LogP contribution in [0.2, 0.25) is 0 Å². The lowest BCUT2D eigenvalue weighted by molar-refractivity contribution is -0.393. The number of hydrogen-bond acceptors (Lipinski definition) is 8. The van der Waals surface area contributed by atoms with Crippen LogP contribution in [-0.4, -0.2) is 23.9 Å². The molecular formula is C14H9N5O3S3. The fourth-order valence-corrected chi connectivity index (χ4v) is 4.93. The normalized spacial score (nSPS) is 11.4. The standard InChI is InChI=1S/C14H9N5O3S3/c1-2-4-18-12(20)8-3-6-23-9(8)15-14(18)25-10-11(19(21)22)17-5-7-24-13(17)16-10/h2-3,5-7H,1,4H2. The third kappa shape index (κ3) is 2.56. The molecule has 11 heteroatoms. The molecule has 8 nitrogen and oxygen atoms in total. The van der Waals surface area contributed by atoms with Gasteiger partial charge in [0.1, 0.15) is 11.0 Å². The number of thiophene rings is 1. The highest BCUT2D eigenvalue weighted by molar-refractivity contribution is 7.99. The highest BCUT2D eigenvalue weighted by Crippen LogP contribution is 2.35. The average molecular weight is 391 g/mol. The van der Waals surface area contributed by atoms with Crippen molar-refractivity contribution in [2.75, 3.05) is 0 Å². The van der Waals surface area contributed by atoms with E-state index in [4.69, 9.17) is 0 Å². The molecular weight excluding hydrogens is 382 g/mol. The van der Waals surface area contributed by atoms with Crippen LogP contribution in [0.15, 0.2) is 50.7 Å². The maximum atomic E-state index is 12.6. The van der Waals surface area contributed by atoms with Crippen LogP contribution in [0.5, 0.6) is 0 Å². The molecule has 4 heterocycles. The van der Waals surface area contributed by atoms with Crippen LogP contribution in [0.1, 0.15) is 0 Å². The van der Waals surface area contributed by atoms with Crippen molar-refractivity contribution >= 4 is 55.4 Å². The molecule has 0 N–H and O–H groups in total. The zero-order valence-electron chi connectivity index (χ0n) is 12.5. The smallest absolute Gasteiger partial charge is 0.358 e. The van der Waals surface area contributed by atoms with Gasteiger partial charge in [-0.3, -0.25) is 9.36 Å². The first-order valence-electron chi connectivity index (χ1n) is 6.97. The number of nitro groups is 1. The van der Waals surface area contributed by atoms with Crippen LogP contribution < -0.4 is 5.56 Å². The summed E-state index contributed by atoms with van der Waals surface area (Å²) < 4.78 is 2.87. The van der Waals surface area contributed by atoms with Gasteiger partial charge in [0, 0.05) is 11.9 Å². The maximum absolute atomic E-state index is 12.6. The van der Waals surface area contributed by atoms with E-state index < -0.39 is 4.92 Å². The first-order chi connectivity index (χ1) is 12.1. The second-order valence-corrected chi connectivity index (χ2v) is 7.62. The summed E-state index contributed by atoms with van der Waals surface area (Å²) >= 11 is 3.67. The van der Waals surface area contributed by atoms with Crippen LogP contribution in [0.3, 0.4) is 0 Å². The molecule has 126 valence electrons. The Hall–Kier alpha value is -2.50. The number of rotatable bonds is 5. The van der Waals surface area contributed by atoms with Gasteiger partial charge >= 0.3 is 5.82 Å². The molecule has 0 aliphatic carbocycles. The van der Waals surface area contributed by atoms with E-state index in [1.54, 1.807) is 29.1 Å². The number of allylic oxidation sites excluding steroid dienone is 1. The van der Waals surface area contributed by atoms with Gasteiger partial charge in [-0.25, -0.2) is 4.98 Å². The molecule has 0 fully saturated rings. The van der Waals surface area contributed by atoms with Gasteiger partial charge in [0.2, 0.25) is 5.03 Å². The Morgan fingerprint density at radius 3 is 2.96 bits per heavy atom. The minimum absolute atomic E-state index is 0.132. The average Bonchev–Trinajstić information content (AvgIpc) is 3.25. The van der Waals surface area contributed by atoms with Crippen LogP contribution in [-0.2, 0) is 6.54 Å². The van der Waals surface area contributed by atoms with Crippen molar-refractivity contribution in [2.45, 2.75) is 16.7 Å². The molecule has 0 bridgehead atoms. The summed E-state index contributed by atoms with van der Waals surface area (Å²) in [6.07, 6.45) is 3.19. The van der Waals surface area contributed by atoms with Crippen LogP contribution in [0.25, 0.3) is 15.2 Å². The largest absolute Gasteiger partial charge is 0.363 e. The van der Waals surface area contributed by atoms with Gasteiger partial charge in [-0.15, -0.1) is 17.9 Å². The number of fused-ring (bicyclic) bond motifs is 2. The Kier molecular flexibility index (Phi) is 3.90. The molecule has 4 rings (SSSR count). The first-order valence-corrected chi connectivity index (χ1v) is 9.54. The maximum Gasteiger partial charge on any atom is 0.363 e. The van der Waals surface area contributed by atoms with Crippen molar-refractivity contribution in [1.82, 2.24) is 18.9 Å². The van der Waals surface area contributed by atoms with Crippen molar-refractivity contribution < 1.29 is 4.92 Å². The predicted molar refractivity (Wildman–Crippen MR) is 97.9 cm³/mol. The third-order valence-corrected chi connectivity index (χ3v) is 5.95. The second kappa shape index (κ2) is 6.10. The minimum atomic E-state index is -0.478. The molecule has 0 unspecified atom stereocenters. The molecule has 0 aliphatic rings. The minimum Gasteiger partial charge on any atom is -0.358 e. The highest BCUT2D eigenvalue weighted by Gasteiger charge is 2.26. The molecule has 0 atom stereocenters. The van der Waals surface area contributed by atoms with Gasteiger partial charge in [0.15, 0.2) is 5.16 Å². The van der Waals surface area contributed by atoms with Gasteiger partial charge in [0.25, 0.3) is 10.5 Å². The summed E-state index contributed by atoms with van der Waals surface area (Å²) in [6, 6.07) is 1.72. The quantitative estimate of drug-likeness (QED) is 0.224. The molecule has 0 saturated heterocycles. The van der Waals surface area contributed by atoms with Gasteiger partial charge in [0.05, 0.1) is 5.39 Å². The Bertz CT molecular complexity index is 1190. The number of nitrogens with zero attached hydrogens (tertiary/aromatic N) is 5. The van der Waals surface area contributed by atoms with E-state index in [-0.39, 0.29) is 22.9 Å². The van der Waals surface area contributed by atoms with Crippen molar-refractivity contribution in [3.8, 4) is 0 Å². The molecule has 25 heavy (non-hydrogen) atoms. The monoisotopic (exact) mass is 391 g/mol. The zero-order valence-corrected chi connectivity index (χ0v) is 14.9. The van der Waals surface area contributed by atoms with E-state index >= 15 is 0 Å². The molecule has 0 amide bonds. The zero-order chi connectivity index (χ0) is 17.6. The lowest BCUT2D eigenvalue weighted by Gasteiger charge is -2.08. The van der Waals surface area contributed by atoms with Crippen LogP contribution in [0, 0.1) is 10.1 Å². The lowest BCUT2D eigenvalue weighted by Crippen LogP contribution is -2.22. The van der Waals surface area contributed by atoms with E-state index in [1.165, 1.54) is 31.6 Å². The lowest BCUT2D eigenvalue weighted by atomic mass is 10.4. The van der Waals surface area contributed by atoms with Crippen molar-refractivity contribution in [3.05, 3.63) is 56.1 Å². The number of hydrogen-bond donors (Lipinski definition) is 0. The number of imidazole rings is 1. The Balaban J connectivity index is 1.91. The number of aromatic nitrogens is 4. The van der Waals surface area contributed by atoms with Gasteiger partial charge in [-0.1, -0.05) is 17.4 Å². The summed E-state index contributed by atoms with van der Waals surface area (Å²) in [5.41, 5.74) is -0.197. The Morgan fingerprint density at radius 1 is 1.36 bits per heavy atom. The molecule has 0 saturated carbocycles. The van der Waals surface area contributed by atoms with Gasteiger partial charge in [-0.05, 0) is 28.1 Å². The molecule has 0 radical (unpaired) electrons. The Morgan fingerprint density at radius 2 is 2.20 bits per heavy atom. The number of thiazole rings is 1. The van der Waals surface area contributed by atoms with E-state index in [2.05, 4.69) is 16.5 Å². The first kappa shape index (κ1) is 16.0. The fraction of sp³-hybridized carbons (Fsp3) is 0.0714. The summed E-state index contributed by atoms with van der Waals surface area (Å²) in [6.45, 7) is 3.92. The summed E-state index contributed by atoms with van der Waals surface area (Å²) in [7, 11) is 0. The van der Waals surface area contributed by atoms with Crippen LogP contribution in [0.4, 0.5) is 5.82 Å². The summed E-state index contributed by atoms with van der Waals surface area (Å²) in [4.78, 5) is 33.5. The van der Waals surface area contributed by atoms with E-state index in [0.29, 0.717) is 20.3 Å². The van der Waals surface area contributed by atoms with Gasteiger partial charge in [-0.2, -0.15) is 9.38 Å². The SMILES string of the molecule is C=CCn1c(Sc2nc3sccn3c2[N+](=O)[O-])nc2sccc2c1=O. The van der Waals surface area contributed by atoms with Crippen molar-refractivity contribution in [3.63, 3.8) is 0 Å². The van der Waals surface area contributed by atoms with Crippen molar-refractivity contribution in [2.24, 2.45) is 0 Å². The predicted octanol–water partition coefficient (Wildman–Crippen LogP) is 3.41. The molecule has 0 spiro atoms. The third-order valence-electron chi connectivity index (χ3n) is 3.43. The van der Waals surface area contributed by atoms with E-state index in [1.807, 2.05) is 0 Å². The van der Waals surface area contributed by atoms with Crippen LogP contribution >= 0.6 is 34.4 Å². The summed E-state index contributed by atoms with van der Waals surface area (Å²) in [5.74, 6) is -0.132. The topological polar surface area (TPSA) is 95.3 Å². The van der Waals surface area contributed by atoms with E-state index in [9.17, 15) is 14.9 Å². The molecule has 0 aromatic carbocycles. The van der Waals surface area contributed by atoms with E-state index in [0.717, 1.165) is 11.8 Å². The van der Waals surface area contributed by atoms with Gasteiger partial charge < -0.3 is 10.1 Å². The second-order valence-electron chi connectivity index (χ2n) is 4.89. The summed E-state index contributed by atoms with van der Waals surface area (Å²) in [5, 5.41) is 16.1. The highest BCUT2D eigenvalue weighted by atomic mass is 32.2. The Labute approximate surface area is 152 Å². The molecule has 0 aliphatic heterocycles.